The molecular weight excluding hydrogens is 376 g/mol. The molecule has 2 aromatic carbocycles. The lowest BCUT2D eigenvalue weighted by Gasteiger charge is -2.15. The van der Waals surface area contributed by atoms with E-state index in [1.54, 1.807) is 37.3 Å². The molecule has 138 valence electrons. The predicted molar refractivity (Wildman–Crippen MR) is 99.9 cm³/mol. The number of rotatable bonds is 6. The monoisotopic (exact) mass is 394 g/mol. The molecule has 8 heteroatoms. The van der Waals surface area contributed by atoms with Crippen LogP contribution in [0.5, 0.6) is 0 Å². The summed E-state index contributed by atoms with van der Waals surface area (Å²) in [7, 11) is -3.26. The quantitative estimate of drug-likeness (QED) is 0.786. The van der Waals surface area contributed by atoms with Gasteiger partial charge in [-0.15, -0.1) is 0 Å². The fraction of sp³-hybridized carbons (Fsp3) is 0.222. The van der Waals surface area contributed by atoms with Crippen molar-refractivity contribution < 1.29 is 18.0 Å². The second kappa shape index (κ2) is 8.33. The van der Waals surface area contributed by atoms with E-state index in [1.165, 1.54) is 18.2 Å². The van der Waals surface area contributed by atoms with E-state index in [0.29, 0.717) is 10.6 Å². The summed E-state index contributed by atoms with van der Waals surface area (Å²) >= 11 is 5.83. The van der Waals surface area contributed by atoms with Gasteiger partial charge in [0.15, 0.2) is 9.84 Å². The lowest BCUT2D eigenvalue weighted by atomic mass is 10.1. The van der Waals surface area contributed by atoms with E-state index in [-0.39, 0.29) is 23.4 Å². The molecule has 26 heavy (non-hydrogen) atoms. The summed E-state index contributed by atoms with van der Waals surface area (Å²) in [5.74, 6) is -0.757. The molecule has 1 unspecified atom stereocenters. The zero-order valence-corrected chi connectivity index (χ0v) is 15.9. The maximum Gasteiger partial charge on any atom is 0.251 e. The lowest BCUT2D eigenvalue weighted by Crippen LogP contribution is -2.38. The molecule has 0 aromatic heterocycles. The highest BCUT2D eigenvalue weighted by atomic mass is 35.5. The van der Waals surface area contributed by atoms with Crippen molar-refractivity contribution in [1.29, 1.82) is 0 Å². The minimum Gasteiger partial charge on any atom is -0.348 e. The van der Waals surface area contributed by atoms with E-state index in [0.717, 1.165) is 11.8 Å². The number of nitrogens with one attached hydrogen (secondary N) is 2. The molecule has 0 aliphatic rings. The highest BCUT2D eigenvalue weighted by Gasteiger charge is 2.13. The van der Waals surface area contributed by atoms with Crippen molar-refractivity contribution in [2.75, 3.05) is 12.8 Å². The van der Waals surface area contributed by atoms with Gasteiger partial charge in [0.2, 0.25) is 5.91 Å². The van der Waals surface area contributed by atoms with Crippen LogP contribution in [0.25, 0.3) is 0 Å². The van der Waals surface area contributed by atoms with E-state index >= 15 is 0 Å². The molecule has 0 aliphatic carbocycles. The second-order valence-corrected chi connectivity index (χ2v) is 8.28. The maximum absolute atomic E-state index is 12.0. The van der Waals surface area contributed by atoms with Crippen molar-refractivity contribution >= 4 is 33.3 Å². The number of hydrogen-bond acceptors (Lipinski definition) is 4. The van der Waals surface area contributed by atoms with Gasteiger partial charge in [-0.3, -0.25) is 9.59 Å². The van der Waals surface area contributed by atoms with Gasteiger partial charge in [0.05, 0.1) is 17.5 Å². The van der Waals surface area contributed by atoms with Gasteiger partial charge in [-0.05, 0) is 42.8 Å². The summed E-state index contributed by atoms with van der Waals surface area (Å²) in [5, 5.41) is 5.70. The number of hydrogen-bond donors (Lipinski definition) is 2. The van der Waals surface area contributed by atoms with Gasteiger partial charge in [0, 0.05) is 16.8 Å². The Hall–Kier alpha value is -2.38. The molecule has 0 fully saturated rings. The molecule has 2 aromatic rings. The Bertz CT molecular complexity index is 911. The molecule has 0 aliphatic heterocycles. The van der Waals surface area contributed by atoms with Crippen molar-refractivity contribution in [3.63, 3.8) is 0 Å². The molecule has 2 rings (SSSR count). The maximum atomic E-state index is 12.0. The minimum atomic E-state index is -3.26. The minimum absolute atomic E-state index is 0.183. The summed E-state index contributed by atoms with van der Waals surface area (Å²) in [5.41, 5.74) is 1.13. The number of halogens is 1. The Morgan fingerprint density at radius 3 is 2.35 bits per heavy atom. The highest BCUT2D eigenvalue weighted by Crippen LogP contribution is 2.16. The third-order valence-corrected chi connectivity index (χ3v) is 5.05. The van der Waals surface area contributed by atoms with Crippen LogP contribution < -0.4 is 10.6 Å². The van der Waals surface area contributed by atoms with Gasteiger partial charge in [0.1, 0.15) is 0 Å². The molecule has 0 saturated carbocycles. The number of amides is 2. The van der Waals surface area contributed by atoms with Gasteiger partial charge in [-0.2, -0.15) is 0 Å². The Balaban J connectivity index is 1.90. The van der Waals surface area contributed by atoms with Gasteiger partial charge in [-0.25, -0.2) is 8.42 Å². The Labute approximate surface area is 157 Å². The molecule has 0 heterocycles. The van der Waals surface area contributed by atoms with Crippen molar-refractivity contribution in [3.05, 3.63) is 64.7 Å². The van der Waals surface area contributed by atoms with Crippen LogP contribution in [0.3, 0.4) is 0 Å². The standard InChI is InChI=1S/C18H19ClN2O4S/c1-12(13-6-8-16(9-7-13)26(2,24)25)21-17(22)11-20-18(23)14-4-3-5-15(19)10-14/h3-10,12H,11H2,1-2H3,(H,20,23)(H,21,22). The normalized spacial score (nSPS) is 12.3. The first-order valence-corrected chi connectivity index (χ1v) is 10.1. The van der Waals surface area contributed by atoms with Crippen molar-refractivity contribution in [2.45, 2.75) is 17.9 Å². The Morgan fingerprint density at radius 1 is 1.12 bits per heavy atom. The smallest absolute Gasteiger partial charge is 0.251 e. The van der Waals surface area contributed by atoms with Crippen LogP contribution in [0.1, 0.15) is 28.9 Å². The highest BCUT2D eigenvalue weighted by molar-refractivity contribution is 7.90. The average Bonchev–Trinajstić information content (AvgIpc) is 2.59. The lowest BCUT2D eigenvalue weighted by molar-refractivity contribution is -0.120. The molecule has 0 radical (unpaired) electrons. The number of sulfone groups is 1. The first-order chi connectivity index (χ1) is 12.2. The van der Waals surface area contributed by atoms with Gasteiger partial charge in [0.25, 0.3) is 5.91 Å². The first kappa shape index (κ1) is 19.9. The third kappa shape index (κ3) is 5.57. The largest absolute Gasteiger partial charge is 0.348 e. The summed E-state index contributed by atoms with van der Waals surface area (Å²) < 4.78 is 22.9. The van der Waals surface area contributed by atoms with Crippen molar-refractivity contribution in [1.82, 2.24) is 10.6 Å². The summed E-state index contributed by atoms with van der Waals surface area (Å²) in [6.07, 6.45) is 1.13. The SMILES string of the molecule is CC(NC(=O)CNC(=O)c1cccc(Cl)c1)c1ccc(S(C)(=O)=O)cc1. The van der Waals surface area contributed by atoms with Crippen LogP contribution in [0.4, 0.5) is 0 Å². The second-order valence-electron chi connectivity index (χ2n) is 5.82. The zero-order valence-electron chi connectivity index (χ0n) is 14.3. The van der Waals surface area contributed by atoms with Crippen LogP contribution in [0.15, 0.2) is 53.4 Å². The number of carbonyl (C=O) groups excluding carboxylic acids is 2. The van der Waals surface area contributed by atoms with Gasteiger partial charge >= 0.3 is 0 Å². The molecule has 0 spiro atoms. The van der Waals surface area contributed by atoms with Gasteiger partial charge < -0.3 is 10.6 Å². The Morgan fingerprint density at radius 2 is 1.77 bits per heavy atom. The van der Waals surface area contributed by atoms with Crippen LogP contribution in [0, 0.1) is 0 Å². The topological polar surface area (TPSA) is 92.3 Å². The van der Waals surface area contributed by atoms with E-state index in [4.69, 9.17) is 11.6 Å². The fourth-order valence-electron chi connectivity index (χ4n) is 2.27. The molecule has 2 amide bonds. The van der Waals surface area contributed by atoms with Crippen LogP contribution in [-0.4, -0.2) is 33.0 Å². The van der Waals surface area contributed by atoms with E-state index in [2.05, 4.69) is 10.6 Å². The number of benzene rings is 2. The summed E-state index contributed by atoms with van der Waals surface area (Å²) in [4.78, 5) is 24.2. The van der Waals surface area contributed by atoms with Crippen molar-refractivity contribution in [3.8, 4) is 0 Å². The van der Waals surface area contributed by atoms with E-state index in [9.17, 15) is 18.0 Å². The van der Waals surface area contributed by atoms with E-state index in [1.807, 2.05) is 0 Å². The van der Waals surface area contributed by atoms with Crippen LogP contribution in [-0.2, 0) is 14.6 Å². The molecule has 1 atom stereocenters. The fourth-order valence-corrected chi connectivity index (χ4v) is 3.09. The molecule has 0 bridgehead atoms. The van der Waals surface area contributed by atoms with E-state index < -0.39 is 15.7 Å². The van der Waals surface area contributed by atoms with Crippen LogP contribution >= 0.6 is 11.6 Å². The Kier molecular flexibility index (Phi) is 6.39. The molecule has 2 N–H and O–H groups in total. The van der Waals surface area contributed by atoms with Crippen LogP contribution in [0.2, 0.25) is 5.02 Å². The summed E-state index contributed by atoms with van der Waals surface area (Å²) in [6.45, 7) is 1.59. The summed E-state index contributed by atoms with van der Waals surface area (Å²) in [6, 6.07) is 12.4. The molecule has 0 saturated heterocycles. The predicted octanol–water partition coefficient (Wildman–Crippen LogP) is 2.35. The number of carbonyl (C=O) groups is 2. The zero-order chi connectivity index (χ0) is 19.3. The van der Waals surface area contributed by atoms with Crippen molar-refractivity contribution in [2.24, 2.45) is 0 Å². The molecule has 6 nitrogen and oxygen atoms in total. The third-order valence-electron chi connectivity index (χ3n) is 3.68. The van der Waals surface area contributed by atoms with Gasteiger partial charge in [-0.1, -0.05) is 29.8 Å². The first-order valence-electron chi connectivity index (χ1n) is 7.80. The average molecular weight is 395 g/mol. The molecular formula is C18H19ClN2O4S.